The number of aromatic nitrogens is 1. The number of nitrogen functional groups attached to an aromatic ring is 1. The lowest BCUT2D eigenvalue weighted by molar-refractivity contribution is 0.0657. The van der Waals surface area contributed by atoms with Crippen molar-refractivity contribution in [1.29, 1.82) is 0 Å². The second-order valence-electron chi connectivity index (χ2n) is 6.25. The van der Waals surface area contributed by atoms with Crippen molar-refractivity contribution in [1.82, 2.24) is 9.88 Å². The predicted molar refractivity (Wildman–Crippen MR) is 103 cm³/mol. The number of rotatable bonds is 5. The fourth-order valence-electron chi connectivity index (χ4n) is 3.01. The lowest BCUT2D eigenvalue weighted by atomic mass is 10.1. The fourth-order valence-corrected chi connectivity index (χ4v) is 3.24. The highest BCUT2D eigenvalue weighted by molar-refractivity contribution is 6.32. The molecule has 0 fully saturated rings. The molecule has 1 aliphatic heterocycles. The molecule has 10 nitrogen and oxygen atoms in total. The number of pyridine rings is 1. The summed E-state index contributed by atoms with van der Waals surface area (Å²) in [6.07, 6.45) is 0. The highest BCUT2D eigenvalue weighted by Gasteiger charge is 2.31. The number of carboxylic acid groups (broad SMARTS) is 1. The van der Waals surface area contributed by atoms with E-state index in [1.165, 1.54) is 30.3 Å². The molecule has 3 aromatic rings. The molecule has 0 bridgehead atoms. The summed E-state index contributed by atoms with van der Waals surface area (Å²) in [6.45, 7) is -0.0738. The molecule has 0 aliphatic carbocycles. The van der Waals surface area contributed by atoms with Crippen molar-refractivity contribution >= 4 is 35.2 Å². The molecular formula is C19H12ClN3O7. The van der Waals surface area contributed by atoms with E-state index in [1.807, 2.05) is 0 Å². The Labute approximate surface area is 172 Å². The number of fused-ring (bicyclic) bond motifs is 1. The number of nitrogens with zero attached hydrogens (tertiary/aromatic N) is 1. The van der Waals surface area contributed by atoms with E-state index < -0.39 is 23.3 Å². The summed E-state index contributed by atoms with van der Waals surface area (Å²) in [5.41, 5.74) is 5.47. The number of carbonyl (C=O) groups excluding carboxylic acids is 2. The molecule has 1 aliphatic rings. The lowest BCUT2D eigenvalue weighted by Gasteiger charge is -2.13. The number of nitrogens with two attached hydrogens (primary N) is 1. The number of amides is 2. The van der Waals surface area contributed by atoms with Gasteiger partial charge in [-0.3, -0.25) is 24.3 Å². The van der Waals surface area contributed by atoms with Crippen LogP contribution in [-0.2, 0) is 6.61 Å². The number of halogens is 1. The minimum absolute atomic E-state index is 0.0738. The van der Waals surface area contributed by atoms with E-state index in [9.17, 15) is 19.2 Å². The van der Waals surface area contributed by atoms with Crippen LogP contribution in [0.5, 0.6) is 5.75 Å². The number of imide groups is 1. The van der Waals surface area contributed by atoms with Gasteiger partial charge in [-0.2, -0.15) is 0 Å². The van der Waals surface area contributed by atoms with Crippen molar-refractivity contribution in [3.8, 4) is 11.4 Å². The molecule has 0 spiro atoms. The third-order valence-corrected chi connectivity index (χ3v) is 4.66. The molecule has 11 heteroatoms. The molecule has 152 valence electrons. The zero-order valence-corrected chi connectivity index (χ0v) is 15.7. The largest absolute Gasteiger partial charge is 0.484 e. The van der Waals surface area contributed by atoms with Crippen LogP contribution in [0.25, 0.3) is 5.69 Å². The number of carboxylic acids is 1. The zero-order chi connectivity index (χ0) is 21.6. The topological polar surface area (TPSA) is 154 Å². The van der Waals surface area contributed by atoms with Gasteiger partial charge in [0, 0.05) is 6.07 Å². The van der Waals surface area contributed by atoms with Gasteiger partial charge in [0.25, 0.3) is 17.4 Å². The van der Waals surface area contributed by atoms with Crippen molar-refractivity contribution in [2.45, 2.75) is 6.61 Å². The molecule has 4 rings (SSSR count). The SMILES string of the molecule is Nc1c2c(cc(=O)n1-c1ccc(OCc3ccc(C(=O)O)o3)c(Cl)c1)C(=O)NC2=O. The predicted octanol–water partition coefficient (Wildman–Crippen LogP) is 1.83. The minimum Gasteiger partial charge on any atom is -0.484 e. The third-order valence-electron chi connectivity index (χ3n) is 4.37. The Balaban J connectivity index is 1.63. The summed E-state index contributed by atoms with van der Waals surface area (Å²) in [4.78, 5) is 47.0. The zero-order valence-electron chi connectivity index (χ0n) is 15.0. The Bertz CT molecular complexity index is 1290. The molecule has 0 atom stereocenters. The first-order valence-electron chi connectivity index (χ1n) is 8.42. The summed E-state index contributed by atoms with van der Waals surface area (Å²) in [7, 11) is 0. The number of carbonyl (C=O) groups is 3. The maximum Gasteiger partial charge on any atom is 0.371 e. The first kappa shape index (κ1) is 19.3. The maximum atomic E-state index is 12.5. The van der Waals surface area contributed by atoms with E-state index in [-0.39, 0.29) is 51.5 Å². The second-order valence-corrected chi connectivity index (χ2v) is 6.66. The van der Waals surface area contributed by atoms with Crippen LogP contribution < -0.4 is 21.3 Å². The number of furan rings is 1. The highest BCUT2D eigenvalue weighted by atomic mass is 35.5. The lowest BCUT2D eigenvalue weighted by Crippen LogP contribution is -2.24. The Morgan fingerprint density at radius 3 is 2.60 bits per heavy atom. The number of aromatic carboxylic acids is 1. The van der Waals surface area contributed by atoms with Crippen LogP contribution in [0.4, 0.5) is 5.82 Å². The molecule has 2 amide bonds. The summed E-state index contributed by atoms with van der Waals surface area (Å²) in [6, 6.07) is 8.16. The average molecular weight is 430 g/mol. The van der Waals surface area contributed by atoms with Gasteiger partial charge in [0.1, 0.15) is 23.9 Å². The van der Waals surface area contributed by atoms with E-state index in [1.54, 1.807) is 0 Å². The molecule has 1 aromatic carbocycles. The second kappa shape index (κ2) is 7.08. The number of anilines is 1. The number of benzene rings is 1. The summed E-state index contributed by atoms with van der Waals surface area (Å²) in [5.74, 6) is -2.46. The molecule has 4 N–H and O–H groups in total. The monoisotopic (exact) mass is 429 g/mol. The van der Waals surface area contributed by atoms with Gasteiger partial charge in [-0.25, -0.2) is 4.79 Å². The Kier molecular flexibility index (Phi) is 4.55. The van der Waals surface area contributed by atoms with Gasteiger partial charge in [-0.15, -0.1) is 0 Å². The number of hydrogen-bond donors (Lipinski definition) is 3. The number of hydrogen-bond acceptors (Lipinski definition) is 7. The van der Waals surface area contributed by atoms with Crippen LogP contribution in [0, 0.1) is 0 Å². The van der Waals surface area contributed by atoms with E-state index in [4.69, 9.17) is 31.6 Å². The summed E-state index contributed by atoms with van der Waals surface area (Å²) >= 11 is 6.24. The standard InChI is InChI=1S/C19H12ClN3O7/c20-11-5-8(1-3-12(11)29-7-9-2-4-13(30-9)19(27)28)23-14(24)6-10-15(16(23)21)18(26)22-17(10)25/h1-6H,7,21H2,(H,27,28)(H,22,25,26). The normalized spacial score (nSPS) is 12.6. The van der Waals surface area contributed by atoms with Gasteiger partial charge in [0.15, 0.2) is 0 Å². The van der Waals surface area contributed by atoms with Crippen LogP contribution in [0.15, 0.2) is 45.6 Å². The van der Waals surface area contributed by atoms with Crippen molar-refractivity contribution in [3.05, 3.63) is 74.4 Å². The van der Waals surface area contributed by atoms with Gasteiger partial charge in [-0.1, -0.05) is 11.6 Å². The smallest absolute Gasteiger partial charge is 0.371 e. The quantitative estimate of drug-likeness (QED) is 0.519. The van der Waals surface area contributed by atoms with E-state index in [0.29, 0.717) is 0 Å². The van der Waals surface area contributed by atoms with Gasteiger partial charge in [-0.05, 0) is 30.3 Å². The maximum absolute atomic E-state index is 12.5. The molecule has 3 heterocycles. The molecule has 0 saturated heterocycles. The van der Waals surface area contributed by atoms with Crippen LogP contribution in [0.3, 0.4) is 0 Å². The van der Waals surface area contributed by atoms with Crippen LogP contribution >= 0.6 is 11.6 Å². The molecule has 2 aromatic heterocycles. The van der Waals surface area contributed by atoms with Crippen LogP contribution in [0.1, 0.15) is 37.0 Å². The van der Waals surface area contributed by atoms with Crippen LogP contribution in [0.2, 0.25) is 5.02 Å². The summed E-state index contributed by atoms with van der Waals surface area (Å²) < 4.78 is 11.7. The molecule has 30 heavy (non-hydrogen) atoms. The molecule has 0 unspecified atom stereocenters. The fraction of sp³-hybridized carbons (Fsp3) is 0.0526. The summed E-state index contributed by atoms with van der Waals surface area (Å²) in [5, 5.41) is 11.1. The molecule has 0 radical (unpaired) electrons. The Hall–Kier alpha value is -4.05. The van der Waals surface area contributed by atoms with Crippen molar-refractivity contribution in [2.24, 2.45) is 0 Å². The molecular weight excluding hydrogens is 418 g/mol. The van der Waals surface area contributed by atoms with Gasteiger partial charge >= 0.3 is 5.97 Å². The first-order valence-corrected chi connectivity index (χ1v) is 8.80. The first-order chi connectivity index (χ1) is 14.3. The van der Waals surface area contributed by atoms with Gasteiger partial charge in [0.05, 0.1) is 21.8 Å². The van der Waals surface area contributed by atoms with Crippen LogP contribution in [-0.4, -0.2) is 27.5 Å². The Morgan fingerprint density at radius 2 is 1.93 bits per heavy atom. The number of ether oxygens (including phenoxy) is 1. The van der Waals surface area contributed by atoms with E-state index >= 15 is 0 Å². The van der Waals surface area contributed by atoms with Crippen molar-refractivity contribution in [3.63, 3.8) is 0 Å². The Morgan fingerprint density at radius 1 is 1.17 bits per heavy atom. The van der Waals surface area contributed by atoms with Gasteiger partial charge in [0.2, 0.25) is 5.76 Å². The average Bonchev–Trinajstić information content (AvgIpc) is 3.26. The minimum atomic E-state index is -1.20. The van der Waals surface area contributed by atoms with E-state index in [2.05, 4.69) is 5.32 Å². The highest BCUT2D eigenvalue weighted by Crippen LogP contribution is 2.30. The van der Waals surface area contributed by atoms with E-state index in [0.717, 1.165) is 10.6 Å². The van der Waals surface area contributed by atoms with Gasteiger partial charge < -0.3 is 20.0 Å². The van der Waals surface area contributed by atoms with Crippen molar-refractivity contribution in [2.75, 3.05) is 5.73 Å². The third kappa shape index (κ3) is 3.18. The number of nitrogens with one attached hydrogen (secondary N) is 1. The van der Waals surface area contributed by atoms with Crippen molar-refractivity contribution < 1.29 is 28.6 Å². The molecule has 0 saturated carbocycles.